The molecule has 0 spiro atoms. The fourth-order valence-corrected chi connectivity index (χ4v) is 2.87. The van der Waals surface area contributed by atoms with E-state index in [2.05, 4.69) is 4.98 Å². The minimum absolute atomic E-state index is 0.114. The van der Waals surface area contributed by atoms with E-state index in [-0.39, 0.29) is 6.42 Å². The average molecular weight is 311 g/mol. The molecule has 0 fully saturated rings. The summed E-state index contributed by atoms with van der Waals surface area (Å²) < 4.78 is 0. The van der Waals surface area contributed by atoms with Crippen LogP contribution in [0.5, 0.6) is 0 Å². The molecule has 5 nitrogen and oxygen atoms in total. The molecule has 0 atom stereocenters. The fraction of sp³-hybridized carbons (Fsp3) is 0.0625. The molecule has 0 saturated heterocycles. The molecule has 0 bridgehead atoms. The van der Waals surface area contributed by atoms with Gasteiger partial charge in [0.05, 0.1) is 17.5 Å². The first kappa shape index (κ1) is 14.4. The number of amides is 2. The Morgan fingerprint density at radius 1 is 1.14 bits per heavy atom. The molecule has 3 rings (SSSR count). The highest BCUT2D eigenvalue weighted by Crippen LogP contribution is 2.18. The van der Waals surface area contributed by atoms with E-state index in [1.807, 2.05) is 29.6 Å². The second kappa shape index (κ2) is 6.05. The molecule has 0 radical (unpaired) electrons. The first-order chi connectivity index (χ1) is 10.7. The molecule has 1 aromatic carbocycles. The summed E-state index contributed by atoms with van der Waals surface area (Å²) in [7, 11) is 0. The van der Waals surface area contributed by atoms with Crippen LogP contribution < -0.4 is 5.84 Å². The number of aromatic nitrogens is 1. The lowest BCUT2D eigenvalue weighted by Gasteiger charge is -2.15. The normalized spacial score (nSPS) is 10.6. The monoisotopic (exact) mass is 311 g/mol. The minimum atomic E-state index is -0.528. The number of hydrogen-bond donors (Lipinski definition) is 1. The molecule has 0 saturated carbocycles. The smallest absolute Gasteiger partial charge is 0.273 e. The van der Waals surface area contributed by atoms with Crippen molar-refractivity contribution in [1.29, 1.82) is 0 Å². The maximum Gasteiger partial charge on any atom is 0.275 e. The Balaban J connectivity index is 1.87. The summed E-state index contributed by atoms with van der Waals surface area (Å²) in [6.07, 6.45) is 1.65. The third kappa shape index (κ3) is 2.74. The molecule has 0 aliphatic rings. The Kier molecular flexibility index (Phi) is 3.95. The molecule has 2 N–H and O–H groups in total. The fourth-order valence-electron chi connectivity index (χ4n) is 2.17. The first-order valence-corrected chi connectivity index (χ1v) is 7.53. The number of para-hydroxylation sites is 1. The summed E-state index contributed by atoms with van der Waals surface area (Å²) in [6, 6.07) is 12.5. The number of hydrogen-bond acceptors (Lipinski definition) is 5. The number of hydrazine groups is 1. The van der Waals surface area contributed by atoms with Gasteiger partial charge in [-0.25, -0.2) is 10.9 Å². The third-order valence-electron chi connectivity index (χ3n) is 3.27. The Morgan fingerprint density at radius 3 is 2.73 bits per heavy atom. The van der Waals surface area contributed by atoms with Crippen molar-refractivity contribution in [3.8, 4) is 0 Å². The number of nitrogens with two attached hydrogens (primary N) is 1. The van der Waals surface area contributed by atoms with E-state index in [9.17, 15) is 9.59 Å². The average Bonchev–Trinajstić information content (AvgIpc) is 3.05. The molecule has 2 aromatic heterocycles. The predicted molar refractivity (Wildman–Crippen MR) is 85.1 cm³/mol. The SMILES string of the molecule is NN(C(=O)Cc1cccs1)C(=O)c1ccnc2ccccc12. The molecule has 6 heteroatoms. The Labute approximate surface area is 131 Å². The zero-order chi connectivity index (χ0) is 15.5. The maximum atomic E-state index is 12.5. The van der Waals surface area contributed by atoms with E-state index in [1.54, 1.807) is 18.2 Å². The van der Waals surface area contributed by atoms with Gasteiger partial charge in [0.25, 0.3) is 5.91 Å². The van der Waals surface area contributed by atoms with Crippen molar-refractivity contribution < 1.29 is 9.59 Å². The quantitative estimate of drug-likeness (QED) is 0.458. The Bertz CT molecular complexity index is 825. The topological polar surface area (TPSA) is 76.3 Å². The van der Waals surface area contributed by atoms with Gasteiger partial charge in [-0.05, 0) is 23.6 Å². The summed E-state index contributed by atoms with van der Waals surface area (Å²) in [5, 5.41) is 3.23. The number of carbonyl (C=O) groups excluding carboxylic acids is 2. The zero-order valence-corrected chi connectivity index (χ0v) is 12.4. The van der Waals surface area contributed by atoms with Gasteiger partial charge in [-0.15, -0.1) is 11.3 Å². The summed E-state index contributed by atoms with van der Waals surface area (Å²) in [4.78, 5) is 29.7. The summed E-state index contributed by atoms with van der Waals surface area (Å²) >= 11 is 1.45. The molecule has 3 aromatic rings. The Morgan fingerprint density at radius 2 is 1.95 bits per heavy atom. The Hall–Kier alpha value is -2.57. The largest absolute Gasteiger partial charge is 0.275 e. The molecule has 2 heterocycles. The highest BCUT2D eigenvalue weighted by molar-refractivity contribution is 7.10. The van der Waals surface area contributed by atoms with Crippen molar-refractivity contribution in [1.82, 2.24) is 9.99 Å². The number of nitrogens with zero attached hydrogens (tertiary/aromatic N) is 2. The van der Waals surface area contributed by atoms with Gasteiger partial charge in [0.1, 0.15) is 0 Å². The van der Waals surface area contributed by atoms with Crippen LogP contribution in [0.3, 0.4) is 0 Å². The molecule has 0 aliphatic heterocycles. The van der Waals surface area contributed by atoms with E-state index < -0.39 is 11.8 Å². The number of rotatable bonds is 3. The van der Waals surface area contributed by atoms with Crippen LogP contribution in [0.2, 0.25) is 0 Å². The second-order valence-corrected chi connectivity index (χ2v) is 5.73. The summed E-state index contributed by atoms with van der Waals surface area (Å²) in [6.45, 7) is 0. The maximum absolute atomic E-state index is 12.5. The van der Waals surface area contributed by atoms with Crippen LogP contribution in [0.4, 0.5) is 0 Å². The standard InChI is InChI=1S/C16H13N3O2S/c17-19(15(20)10-11-4-3-9-22-11)16(21)13-7-8-18-14-6-2-1-5-12(13)14/h1-9H,10,17H2. The summed E-state index contributed by atoms with van der Waals surface area (Å²) in [5.74, 6) is 4.75. The van der Waals surface area contributed by atoms with Crippen molar-refractivity contribution in [3.63, 3.8) is 0 Å². The van der Waals surface area contributed by atoms with Crippen molar-refractivity contribution in [2.45, 2.75) is 6.42 Å². The summed E-state index contributed by atoms with van der Waals surface area (Å²) in [5.41, 5.74) is 1.06. The number of benzene rings is 1. The van der Waals surface area contributed by atoms with E-state index >= 15 is 0 Å². The van der Waals surface area contributed by atoms with E-state index in [0.717, 1.165) is 4.88 Å². The highest BCUT2D eigenvalue weighted by atomic mass is 32.1. The number of fused-ring (bicyclic) bond motifs is 1. The van der Waals surface area contributed by atoms with Crippen LogP contribution in [0.15, 0.2) is 54.0 Å². The zero-order valence-electron chi connectivity index (χ0n) is 11.6. The number of imide groups is 1. The molecule has 110 valence electrons. The van der Waals surface area contributed by atoms with Crippen molar-refractivity contribution >= 4 is 34.1 Å². The highest BCUT2D eigenvalue weighted by Gasteiger charge is 2.21. The lowest BCUT2D eigenvalue weighted by atomic mass is 10.1. The molecular weight excluding hydrogens is 298 g/mol. The van der Waals surface area contributed by atoms with E-state index in [1.165, 1.54) is 17.5 Å². The molecule has 2 amide bonds. The van der Waals surface area contributed by atoms with Gasteiger partial charge in [-0.3, -0.25) is 14.6 Å². The van der Waals surface area contributed by atoms with Gasteiger partial charge in [0, 0.05) is 16.5 Å². The van der Waals surface area contributed by atoms with Gasteiger partial charge >= 0.3 is 0 Å². The lowest BCUT2D eigenvalue weighted by Crippen LogP contribution is -2.43. The molecule has 22 heavy (non-hydrogen) atoms. The predicted octanol–water partition coefficient (Wildman–Crippen LogP) is 2.38. The van der Waals surface area contributed by atoms with Crippen LogP contribution in [0.1, 0.15) is 15.2 Å². The first-order valence-electron chi connectivity index (χ1n) is 6.65. The van der Waals surface area contributed by atoms with Crippen LogP contribution in [0, 0.1) is 0 Å². The number of thiophene rings is 1. The number of carbonyl (C=O) groups is 2. The van der Waals surface area contributed by atoms with Gasteiger partial charge < -0.3 is 0 Å². The molecule has 0 aliphatic carbocycles. The van der Waals surface area contributed by atoms with Crippen molar-refractivity contribution in [2.24, 2.45) is 5.84 Å². The van der Waals surface area contributed by atoms with Crippen LogP contribution in [-0.2, 0) is 11.2 Å². The number of pyridine rings is 1. The van der Waals surface area contributed by atoms with Crippen LogP contribution >= 0.6 is 11.3 Å². The van der Waals surface area contributed by atoms with Crippen LogP contribution in [0.25, 0.3) is 10.9 Å². The van der Waals surface area contributed by atoms with Gasteiger partial charge in [-0.2, -0.15) is 0 Å². The van der Waals surface area contributed by atoms with Gasteiger partial charge in [0.15, 0.2) is 0 Å². The second-order valence-electron chi connectivity index (χ2n) is 4.70. The van der Waals surface area contributed by atoms with Crippen molar-refractivity contribution in [3.05, 3.63) is 64.5 Å². The van der Waals surface area contributed by atoms with E-state index in [4.69, 9.17) is 5.84 Å². The van der Waals surface area contributed by atoms with Gasteiger partial charge in [0.2, 0.25) is 5.91 Å². The molecular formula is C16H13N3O2S. The third-order valence-corrected chi connectivity index (χ3v) is 4.15. The lowest BCUT2D eigenvalue weighted by molar-refractivity contribution is -0.128. The van der Waals surface area contributed by atoms with Crippen molar-refractivity contribution in [2.75, 3.05) is 0 Å². The molecule has 0 unspecified atom stereocenters. The van der Waals surface area contributed by atoms with Crippen LogP contribution in [-0.4, -0.2) is 21.8 Å². The van der Waals surface area contributed by atoms with E-state index in [0.29, 0.717) is 21.5 Å². The minimum Gasteiger partial charge on any atom is -0.273 e. The van der Waals surface area contributed by atoms with Gasteiger partial charge in [-0.1, -0.05) is 24.3 Å².